The van der Waals surface area contributed by atoms with Crippen LogP contribution in [0, 0.1) is 10.1 Å². The van der Waals surface area contributed by atoms with Crippen LogP contribution in [0.5, 0.6) is 0 Å². The van der Waals surface area contributed by atoms with Gasteiger partial charge in [0.2, 0.25) is 0 Å². The molecule has 18 heavy (non-hydrogen) atoms. The monoisotopic (exact) mass is 244 g/mol. The molecule has 1 aromatic heterocycles. The largest absolute Gasteiger partial charge is 0.353 e. The lowest BCUT2D eigenvalue weighted by Crippen LogP contribution is -2.12. The van der Waals surface area contributed by atoms with E-state index in [0.29, 0.717) is 0 Å². The molecule has 0 radical (unpaired) electrons. The summed E-state index contributed by atoms with van der Waals surface area (Å²) in [6.07, 6.45) is 2.71. The van der Waals surface area contributed by atoms with Gasteiger partial charge in [-0.25, -0.2) is 0 Å². The first-order valence-corrected chi connectivity index (χ1v) is 5.77. The van der Waals surface area contributed by atoms with Gasteiger partial charge in [-0.15, -0.1) is 0 Å². The van der Waals surface area contributed by atoms with Crippen LogP contribution in [0.15, 0.2) is 23.3 Å². The normalized spacial score (nSPS) is 17.0. The first-order chi connectivity index (χ1) is 8.70. The molecule has 0 aliphatic heterocycles. The fourth-order valence-corrected chi connectivity index (χ4v) is 2.54. The fraction of sp³-hybridized carbons (Fsp3) is 0.250. The number of hydrazone groups is 1. The Kier molecular flexibility index (Phi) is 2.29. The second-order valence-electron chi connectivity index (χ2n) is 4.39. The predicted octanol–water partition coefficient (Wildman–Crippen LogP) is 2.08. The molecule has 3 rings (SSSR count). The summed E-state index contributed by atoms with van der Waals surface area (Å²) in [5.41, 5.74) is 3.87. The number of hydrogen-bond acceptors (Lipinski definition) is 4. The quantitative estimate of drug-likeness (QED) is 0.456. The van der Waals surface area contributed by atoms with Crippen LogP contribution in [0.1, 0.15) is 24.1 Å². The highest BCUT2D eigenvalue weighted by atomic mass is 16.6. The molecule has 0 saturated carbocycles. The number of rotatable bonds is 1. The molecule has 6 nitrogen and oxygen atoms in total. The molecule has 1 aromatic carbocycles. The van der Waals surface area contributed by atoms with E-state index in [1.54, 1.807) is 12.1 Å². The number of aromatic nitrogens is 1. The molecule has 92 valence electrons. The summed E-state index contributed by atoms with van der Waals surface area (Å²) in [6, 6.07) is 4.85. The Morgan fingerprint density at radius 3 is 2.94 bits per heavy atom. The van der Waals surface area contributed by atoms with Crippen LogP contribution in [0.4, 0.5) is 5.69 Å². The molecule has 0 spiro atoms. The van der Waals surface area contributed by atoms with Crippen LogP contribution in [0.25, 0.3) is 10.9 Å². The average molecular weight is 244 g/mol. The lowest BCUT2D eigenvalue weighted by atomic mass is 9.94. The molecule has 0 unspecified atom stereocenters. The van der Waals surface area contributed by atoms with Crippen molar-refractivity contribution in [2.24, 2.45) is 10.9 Å². The number of aromatic amines is 1. The predicted molar refractivity (Wildman–Crippen MR) is 68.6 cm³/mol. The average Bonchev–Trinajstić information content (AvgIpc) is 2.76. The first-order valence-electron chi connectivity index (χ1n) is 5.77. The number of aryl methyl sites for hydroxylation is 1. The van der Waals surface area contributed by atoms with Gasteiger partial charge in [0.15, 0.2) is 0 Å². The van der Waals surface area contributed by atoms with Crippen molar-refractivity contribution >= 4 is 22.3 Å². The molecular weight excluding hydrogens is 232 g/mol. The molecule has 0 saturated heterocycles. The van der Waals surface area contributed by atoms with Gasteiger partial charge >= 0.3 is 0 Å². The summed E-state index contributed by atoms with van der Waals surface area (Å²) < 4.78 is 0. The van der Waals surface area contributed by atoms with Crippen molar-refractivity contribution in [3.05, 3.63) is 39.6 Å². The second kappa shape index (κ2) is 3.83. The summed E-state index contributed by atoms with van der Waals surface area (Å²) in [5.74, 6) is 5.38. The number of H-pyrrole nitrogens is 1. The molecule has 0 atom stereocenters. The van der Waals surface area contributed by atoms with E-state index in [1.807, 2.05) is 0 Å². The number of hydrogen-bond donors (Lipinski definition) is 2. The zero-order valence-corrected chi connectivity index (χ0v) is 9.64. The van der Waals surface area contributed by atoms with E-state index in [0.717, 1.165) is 47.1 Å². The number of nitrogens with two attached hydrogens (primary N) is 1. The molecule has 1 aliphatic rings. The molecule has 3 N–H and O–H groups in total. The number of non-ortho nitro benzene ring substituents is 1. The molecule has 0 fully saturated rings. The zero-order valence-electron chi connectivity index (χ0n) is 9.64. The van der Waals surface area contributed by atoms with Crippen LogP contribution in [0.3, 0.4) is 0 Å². The van der Waals surface area contributed by atoms with Crippen LogP contribution < -0.4 is 5.84 Å². The maximum Gasteiger partial charge on any atom is 0.270 e. The first kappa shape index (κ1) is 10.8. The van der Waals surface area contributed by atoms with Gasteiger partial charge in [0.25, 0.3) is 5.69 Å². The molecular formula is C12H12N4O2. The maximum atomic E-state index is 10.8. The van der Waals surface area contributed by atoms with E-state index < -0.39 is 0 Å². The van der Waals surface area contributed by atoms with E-state index in [4.69, 9.17) is 5.84 Å². The van der Waals surface area contributed by atoms with E-state index in [1.165, 1.54) is 6.07 Å². The number of nitro groups is 1. The highest BCUT2D eigenvalue weighted by Crippen LogP contribution is 2.31. The minimum Gasteiger partial charge on any atom is -0.353 e. The van der Waals surface area contributed by atoms with Gasteiger partial charge in [-0.3, -0.25) is 10.1 Å². The molecule has 2 aromatic rings. The Labute approximate surface area is 103 Å². The standard InChI is InChI=1S/C12H12N4O2/c13-15-11-3-1-2-8-9-6-7(16(17)18)4-5-10(9)14-12(8)11/h4-6,14H,1-3,13H2. The van der Waals surface area contributed by atoms with Crippen LogP contribution >= 0.6 is 0 Å². The third kappa shape index (κ3) is 1.46. The van der Waals surface area contributed by atoms with Crippen molar-refractivity contribution in [3.63, 3.8) is 0 Å². The van der Waals surface area contributed by atoms with Crippen molar-refractivity contribution < 1.29 is 4.92 Å². The summed E-state index contributed by atoms with van der Waals surface area (Å²) in [5, 5.41) is 15.5. The van der Waals surface area contributed by atoms with Crippen molar-refractivity contribution in [2.45, 2.75) is 19.3 Å². The van der Waals surface area contributed by atoms with Crippen molar-refractivity contribution in [3.8, 4) is 0 Å². The van der Waals surface area contributed by atoms with Gasteiger partial charge in [0, 0.05) is 23.0 Å². The Balaban J connectivity index is 2.27. The van der Waals surface area contributed by atoms with Crippen LogP contribution in [0.2, 0.25) is 0 Å². The van der Waals surface area contributed by atoms with Gasteiger partial charge in [-0.2, -0.15) is 5.10 Å². The van der Waals surface area contributed by atoms with Crippen LogP contribution in [-0.4, -0.2) is 15.6 Å². The Bertz CT molecular complexity index is 672. The smallest absolute Gasteiger partial charge is 0.270 e. The number of nitro benzene ring substituents is 1. The van der Waals surface area contributed by atoms with E-state index in [2.05, 4.69) is 10.1 Å². The molecule has 1 aliphatic carbocycles. The number of nitrogens with one attached hydrogen (secondary N) is 1. The van der Waals surface area contributed by atoms with Crippen molar-refractivity contribution in [1.82, 2.24) is 4.98 Å². The number of benzene rings is 1. The molecule has 0 amide bonds. The maximum absolute atomic E-state index is 10.8. The topological polar surface area (TPSA) is 97.3 Å². The van der Waals surface area contributed by atoms with Gasteiger partial charge in [0.05, 0.1) is 16.3 Å². The van der Waals surface area contributed by atoms with Gasteiger partial charge in [-0.1, -0.05) is 0 Å². The lowest BCUT2D eigenvalue weighted by molar-refractivity contribution is -0.384. The molecule has 1 heterocycles. The SMILES string of the molecule is NN=C1CCCc2c1[nH]c1ccc([N+](=O)[O-])cc21. The molecule has 0 bridgehead atoms. The van der Waals surface area contributed by atoms with Gasteiger partial charge in [0.1, 0.15) is 0 Å². The van der Waals surface area contributed by atoms with Gasteiger partial charge < -0.3 is 10.8 Å². The molecule has 6 heteroatoms. The Morgan fingerprint density at radius 2 is 2.22 bits per heavy atom. The lowest BCUT2D eigenvalue weighted by Gasteiger charge is -2.12. The van der Waals surface area contributed by atoms with E-state index >= 15 is 0 Å². The second-order valence-corrected chi connectivity index (χ2v) is 4.39. The van der Waals surface area contributed by atoms with Crippen molar-refractivity contribution in [2.75, 3.05) is 0 Å². The third-order valence-corrected chi connectivity index (χ3v) is 3.39. The van der Waals surface area contributed by atoms with Crippen molar-refractivity contribution in [1.29, 1.82) is 0 Å². The summed E-state index contributed by atoms with van der Waals surface area (Å²) in [7, 11) is 0. The fourth-order valence-electron chi connectivity index (χ4n) is 2.54. The third-order valence-electron chi connectivity index (χ3n) is 3.39. The van der Waals surface area contributed by atoms with Gasteiger partial charge in [-0.05, 0) is 30.9 Å². The van der Waals surface area contributed by atoms with E-state index in [-0.39, 0.29) is 10.6 Å². The number of fused-ring (bicyclic) bond motifs is 3. The summed E-state index contributed by atoms with van der Waals surface area (Å²) in [4.78, 5) is 13.7. The Hall–Kier alpha value is -2.37. The minimum atomic E-state index is -0.375. The number of nitrogens with zero attached hydrogens (tertiary/aromatic N) is 2. The minimum absolute atomic E-state index is 0.112. The highest BCUT2D eigenvalue weighted by Gasteiger charge is 2.21. The van der Waals surface area contributed by atoms with E-state index in [9.17, 15) is 10.1 Å². The zero-order chi connectivity index (χ0) is 12.7. The highest BCUT2D eigenvalue weighted by molar-refractivity contribution is 6.06. The summed E-state index contributed by atoms with van der Waals surface area (Å²) in [6.45, 7) is 0. The Morgan fingerprint density at radius 1 is 1.39 bits per heavy atom. The summed E-state index contributed by atoms with van der Waals surface area (Å²) >= 11 is 0. The van der Waals surface area contributed by atoms with Crippen LogP contribution in [-0.2, 0) is 6.42 Å².